The van der Waals surface area contributed by atoms with Crippen molar-refractivity contribution in [3.63, 3.8) is 0 Å². The topological polar surface area (TPSA) is 38.4 Å². The van der Waals surface area contributed by atoms with E-state index in [1.54, 1.807) is 0 Å². The maximum atomic E-state index is 6.57. The number of benzene rings is 8. The van der Waals surface area contributed by atoms with Crippen molar-refractivity contribution in [2.24, 2.45) is 4.99 Å². The van der Waals surface area contributed by atoms with Gasteiger partial charge in [0, 0.05) is 20.1 Å². The number of anilines is 1. The summed E-state index contributed by atoms with van der Waals surface area (Å²) < 4.78 is 1.79. The fourth-order valence-corrected chi connectivity index (χ4v) is 9.23. The normalized spacial score (nSPS) is 12.1. The van der Waals surface area contributed by atoms with Gasteiger partial charge in [-0.15, -0.1) is 0 Å². The van der Waals surface area contributed by atoms with Crippen LogP contribution in [-0.2, 0) is 21.7 Å². The number of thiocarbonyl (C=S) groups is 2. The number of halogens is 4. The van der Waals surface area contributed by atoms with Gasteiger partial charge in [0.2, 0.25) is 0 Å². The van der Waals surface area contributed by atoms with Crippen molar-refractivity contribution >= 4 is 143 Å². The Morgan fingerprint density at radius 1 is 0.485 bits per heavy atom. The molecular formula is C58H58Br2Cl2N2S2. The number of nitrogens with zero attached hydrogens (tertiary/aromatic N) is 1. The Hall–Kier alpha value is -3.97. The van der Waals surface area contributed by atoms with E-state index in [9.17, 15) is 0 Å². The molecule has 0 radical (unpaired) electrons. The molecule has 2 nitrogen and oxygen atoms in total. The summed E-state index contributed by atoms with van der Waals surface area (Å²) in [5.41, 5.74) is 18.4. The Bertz CT molecular complexity index is 3210. The molecule has 340 valence electrons. The van der Waals surface area contributed by atoms with Gasteiger partial charge in [-0.05, 0) is 179 Å². The lowest BCUT2D eigenvalue weighted by atomic mass is 9.82. The van der Waals surface area contributed by atoms with E-state index in [2.05, 4.69) is 247 Å². The van der Waals surface area contributed by atoms with Crippen molar-refractivity contribution in [3.05, 3.63) is 153 Å². The summed E-state index contributed by atoms with van der Waals surface area (Å²) >= 11 is 25.9. The van der Waals surface area contributed by atoms with E-state index in [1.165, 1.54) is 76.5 Å². The van der Waals surface area contributed by atoms with Crippen molar-refractivity contribution in [2.45, 2.75) is 105 Å². The predicted molar refractivity (Wildman–Crippen MR) is 307 cm³/mol. The van der Waals surface area contributed by atoms with Crippen LogP contribution in [0.4, 0.5) is 11.4 Å². The van der Waals surface area contributed by atoms with E-state index in [0.717, 1.165) is 31.4 Å². The molecule has 0 amide bonds. The van der Waals surface area contributed by atoms with Crippen molar-refractivity contribution in [1.82, 2.24) is 0 Å². The van der Waals surface area contributed by atoms with Gasteiger partial charge < -0.3 is 5.73 Å². The van der Waals surface area contributed by atoms with Gasteiger partial charge in [-0.3, -0.25) is 0 Å². The van der Waals surface area contributed by atoms with E-state index in [-0.39, 0.29) is 25.4 Å². The number of nitrogen functional groups attached to an aromatic ring is 1. The number of rotatable bonds is 3. The van der Waals surface area contributed by atoms with Gasteiger partial charge in [0.15, 0.2) is 3.78 Å². The van der Waals surface area contributed by atoms with Gasteiger partial charge in [0.25, 0.3) is 0 Å². The van der Waals surface area contributed by atoms with Crippen molar-refractivity contribution in [1.29, 1.82) is 0 Å². The lowest BCUT2D eigenvalue weighted by Gasteiger charge is -2.23. The highest BCUT2D eigenvalue weighted by Gasteiger charge is 2.23. The Labute approximate surface area is 429 Å². The number of aliphatic imine (C=N–C) groups is 1. The standard InChI is InChI=1S/C29H28BrNS.C28H30BrN.CCl2S/c1-28(2,3)20-12-13-22-19(15-20)14-18-10-11-21(29(4,5)6)16-24(18)26(22)23-8-7-9-25(30)27(23)31-17-32;1-27(2,3)19-12-13-21-18(15-19)14-17-10-11-20(28(4,5)6)16-23(17)25(21)22-8-7-9-24(29)26(22)30;2-1(3)4/h7-16H,1-6H3;7-16H,30H2,1-6H3;. The maximum absolute atomic E-state index is 6.57. The zero-order chi connectivity index (χ0) is 48.7. The molecule has 0 saturated carbocycles. The second-order valence-electron chi connectivity index (χ2n) is 21.0. The fraction of sp³-hybridized carbons (Fsp3) is 0.276. The summed E-state index contributed by atoms with van der Waals surface area (Å²) in [6.07, 6.45) is 0. The molecule has 8 aromatic rings. The SMILES string of the molecule is CC(C)(C)c1ccc2c(-c3cccc(Br)c3N)c3cc(C(C)(C)C)ccc3cc2c1.CC(C)(C)c1ccc2c(-c3cccc(Br)c3N=C=S)c3cc(C(C)(C)C)ccc3cc2c1.S=C(Cl)Cl. The Balaban J connectivity index is 0.000000202. The molecule has 0 saturated heterocycles. The maximum Gasteiger partial charge on any atom is 0.169 e. The highest BCUT2D eigenvalue weighted by atomic mass is 79.9. The van der Waals surface area contributed by atoms with E-state index < -0.39 is 0 Å². The van der Waals surface area contributed by atoms with E-state index in [1.807, 2.05) is 12.1 Å². The zero-order valence-electron chi connectivity index (χ0n) is 39.9. The molecule has 8 rings (SSSR count). The van der Waals surface area contributed by atoms with Crippen LogP contribution in [0, 0.1) is 0 Å². The molecule has 0 aliphatic heterocycles. The van der Waals surface area contributed by atoms with Gasteiger partial charge in [0.1, 0.15) is 0 Å². The highest BCUT2D eigenvalue weighted by Crippen LogP contribution is 2.46. The molecule has 66 heavy (non-hydrogen) atoms. The third-order valence-corrected chi connectivity index (χ3v) is 13.5. The molecule has 0 bridgehead atoms. The third kappa shape index (κ3) is 11.5. The first-order chi connectivity index (χ1) is 30.7. The van der Waals surface area contributed by atoms with E-state index in [4.69, 9.17) is 41.2 Å². The molecule has 0 spiro atoms. The zero-order valence-corrected chi connectivity index (χ0v) is 46.2. The van der Waals surface area contributed by atoms with Crippen LogP contribution < -0.4 is 5.73 Å². The van der Waals surface area contributed by atoms with E-state index >= 15 is 0 Å². The van der Waals surface area contributed by atoms with Gasteiger partial charge in [-0.25, -0.2) is 0 Å². The van der Waals surface area contributed by atoms with Gasteiger partial charge in [-0.1, -0.05) is 203 Å². The Morgan fingerprint density at radius 3 is 1.26 bits per heavy atom. The van der Waals surface area contributed by atoms with Crippen LogP contribution in [0.5, 0.6) is 0 Å². The lowest BCUT2D eigenvalue weighted by molar-refractivity contribution is 0.590. The third-order valence-electron chi connectivity index (χ3n) is 12.1. The second kappa shape index (κ2) is 19.9. The van der Waals surface area contributed by atoms with Crippen molar-refractivity contribution < 1.29 is 0 Å². The lowest BCUT2D eigenvalue weighted by Crippen LogP contribution is -2.11. The minimum Gasteiger partial charge on any atom is -0.397 e. The van der Waals surface area contributed by atoms with Crippen LogP contribution in [0.15, 0.2) is 135 Å². The molecule has 0 aliphatic rings. The molecule has 0 aliphatic carbocycles. The molecular weight excluding hydrogens is 1020 g/mol. The first-order valence-corrected chi connectivity index (χ1v) is 25.2. The summed E-state index contributed by atoms with van der Waals surface area (Å²) in [6, 6.07) is 44.5. The molecule has 0 heterocycles. The Kier molecular flexibility index (Phi) is 15.5. The number of isothiocyanates is 1. The Morgan fingerprint density at radius 2 is 0.848 bits per heavy atom. The first kappa shape index (κ1) is 51.4. The predicted octanol–water partition coefficient (Wildman–Crippen LogP) is 20.1. The molecule has 2 N–H and O–H groups in total. The number of nitrogens with two attached hydrogens (primary N) is 1. The second-order valence-corrected chi connectivity index (χ2v) is 24.7. The molecule has 0 fully saturated rings. The van der Waals surface area contributed by atoms with Gasteiger partial charge in [0.05, 0.1) is 16.5 Å². The number of para-hydroxylation sites is 2. The molecule has 0 atom stereocenters. The molecule has 8 aromatic carbocycles. The van der Waals surface area contributed by atoms with Gasteiger partial charge in [-0.2, -0.15) is 4.99 Å². The molecule has 0 aromatic heterocycles. The van der Waals surface area contributed by atoms with Crippen LogP contribution in [-0.4, -0.2) is 8.94 Å². The van der Waals surface area contributed by atoms with Crippen LogP contribution >= 0.6 is 79.5 Å². The van der Waals surface area contributed by atoms with Crippen LogP contribution in [0.25, 0.3) is 65.3 Å². The number of hydrogen-bond donors (Lipinski definition) is 1. The molecule has 8 heteroatoms. The summed E-state index contributed by atoms with van der Waals surface area (Å²) in [5, 5.41) is 12.5. The quantitative estimate of drug-likeness (QED) is 0.0630. The summed E-state index contributed by atoms with van der Waals surface area (Å²) in [6.45, 7) is 27.1. The number of hydrogen-bond acceptors (Lipinski definition) is 4. The average molecular weight is 1080 g/mol. The molecule has 0 unspecified atom stereocenters. The summed E-state index contributed by atoms with van der Waals surface area (Å²) in [7, 11) is 0. The van der Waals surface area contributed by atoms with Crippen LogP contribution in [0.2, 0.25) is 0 Å². The first-order valence-electron chi connectivity index (χ1n) is 22.0. The minimum absolute atomic E-state index is 0.0556. The van der Waals surface area contributed by atoms with Crippen molar-refractivity contribution in [2.75, 3.05) is 5.73 Å². The fourth-order valence-electron chi connectivity index (χ4n) is 8.32. The summed E-state index contributed by atoms with van der Waals surface area (Å²) in [5.74, 6) is 0. The monoisotopic (exact) mass is 1070 g/mol. The highest BCUT2D eigenvalue weighted by molar-refractivity contribution is 9.11. The van der Waals surface area contributed by atoms with E-state index in [0.29, 0.717) is 0 Å². The van der Waals surface area contributed by atoms with Gasteiger partial charge >= 0.3 is 0 Å². The van der Waals surface area contributed by atoms with Crippen LogP contribution in [0.1, 0.15) is 105 Å². The van der Waals surface area contributed by atoms with Crippen LogP contribution in [0.3, 0.4) is 0 Å². The van der Waals surface area contributed by atoms with Crippen molar-refractivity contribution in [3.8, 4) is 22.3 Å². The smallest absolute Gasteiger partial charge is 0.169 e. The number of fused-ring (bicyclic) bond motifs is 4. The average Bonchev–Trinajstić information content (AvgIpc) is 3.22. The summed E-state index contributed by atoms with van der Waals surface area (Å²) in [4.78, 5) is 4.44. The minimum atomic E-state index is -0.0556. The largest absolute Gasteiger partial charge is 0.397 e.